The van der Waals surface area contributed by atoms with Crippen LogP contribution in [-0.4, -0.2) is 19.2 Å². The van der Waals surface area contributed by atoms with E-state index in [2.05, 4.69) is 4.98 Å². The van der Waals surface area contributed by atoms with E-state index in [9.17, 15) is 0 Å². The summed E-state index contributed by atoms with van der Waals surface area (Å²) in [5.74, 6) is 1.65. The predicted molar refractivity (Wildman–Crippen MR) is 74.5 cm³/mol. The van der Waals surface area contributed by atoms with Gasteiger partial charge < -0.3 is 15.2 Å². The molecule has 0 atom stereocenters. The topological polar surface area (TPSA) is 57.4 Å². The van der Waals surface area contributed by atoms with Crippen molar-refractivity contribution >= 4 is 16.5 Å². The molecule has 0 fully saturated rings. The molecular formula is C13H16N2O2S. The molecule has 0 aliphatic carbocycles. The summed E-state index contributed by atoms with van der Waals surface area (Å²) in [6.07, 6.45) is 0. The second kappa shape index (κ2) is 4.86. The molecule has 1 heterocycles. The summed E-state index contributed by atoms with van der Waals surface area (Å²) < 4.78 is 10.9. The molecule has 2 N–H and O–H groups in total. The molecule has 2 rings (SSSR count). The summed E-state index contributed by atoms with van der Waals surface area (Å²) in [5.41, 5.74) is 9.53. The smallest absolute Gasteiger partial charge is 0.180 e. The summed E-state index contributed by atoms with van der Waals surface area (Å²) in [6.45, 7) is 4.02. The molecule has 5 heteroatoms. The third-order valence-electron chi connectivity index (χ3n) is 3.01. The largest absolute Gasteiger partial charge is 0.496 e. The van der Waals surface area contributed by atoms with E-state index in [-0.39, 0.29) is 0 Å². The number of aromatic nitrogens is 1. The van der Waals surface area contributed by atoms with Gasteiger partial charge in [-0.25, -0.2) is 4.98 Å². The number of nitrogens with zero attached hydrogens (tertiary/aromatic N) is 1. The zero-order valence-electron chi connectivity index (χ0n) is 10.9. The van der Waals surface area contributed by atoms with E-state index in [1.807, 2.05) is 25.3 Å². The van der Waals surface area contributed by atoms with Crippen molar-refractivity contribution in [2.75, 3.05) is 20.0 Å². The van der Waals surface area contributed by atoms with Crippen LogP contribution in [0, 0.1) is 13.8 Å². The summed E-state index contributed by atoms with van der Waals surface area (Å²) in [7, 11) is 3.32. The first-order valence-electron chi connectivity index (χ1n) is 5.52. The van der Waals surface area contributed by atoms with Crippen LogP contribution in [0.5, 0.6) is 11.5 Å². The van der Waals surface area contributed by atoms with Crippen molar-refractivity contribution in [2.24, 2.45) is 0 Å². The summed E-state index contributed by atoms with van der Waals surface area (Å²) >= 11 is 1.41. The first kappa shape index (κ1) is 12.7. The molecular weight excluding hydrogens is 248 g/mol. The SMILES string of the molecule is COc1cc(-c2csc(N)n2)c(OC)c(C)c1C. The summed E-state index contributed by atoms with van der Waals surface area (Å²) in [5, 5.41) is 2.46. The van der Waals surface area contributed by atoms with Gasteiger partial charge in [0.15, 0.2) is 5.13 Å². The normalized spacial score (nSPS) is 10.4. The lowest BCUT2D eigenvalue weighted by atomic mass is 10.0. The van der Waals surface area contributed by atoms with E-state index in [1.165, 1.54) is 11.3 Å². The molecule has 0 radical (unpaired) electrons. The van der Waals surface area contributed by atoms with Gasteiger partial charge in [0.25, 0.3) is 0 Å². The Kier molecular flexibility index (Phi) is 3.43. The standard InChI is InChI=1S/C13H16N2O2S/c1-7-8(2)12(17-4)9(5-11(7)16-3)10-6-18-13(14)15-10/h5-6H,1-4H3,(H2,14,15). The number of thiazole rings is 1. The van der Waals surface area contributed by atoms with E-state index >= 15 is 0 Å². The molecule has 1 aromatic heterocycles. The van der Waals surface area contributed by atoms with Gasteiger partial charge >= 0.3 is 0 Å². The predicted octanol–water partition coefficient (Wildman–Crippen LogP) is 3.03. The minimum absolute atomic E-state index is 0.546. The van der Waals surface area contributed by atoms with Crippen molar-refractivity contribution in [3.63, 3.8) is 0 Å². The zero-order chi connectivity index (χ0) is 13.3. The Morgan fingerprint density at radius 1 is 1.17 bits per heavy atom. The van der Waals surface area contributed by atoms with Crippen LogP contribution < -0.4 is 15.2 Å². The number of hydrogen-bond donors (Lipinski definition) is 1. The number of anilines is 1. The molecule has 0 bridgehead atoms. The van der Waals surface area contributed by atoms with Gasteiger partial charge in [0.05, 0.1) is 19.9 Å². The number of nitrogen functional groups attached to an aromatic ring is 1. The number of rotatable bonds is 3. The molecule has 0 aliphatic rings. The van der Waals surface area contributed by atoms with E-state index in [1.54, 1.807) is 14.2 Å². The van der Waals surface area contributed by atoms with Gasteiger partial charge in [-0.15, -0.1) is 11.3 Å². The molecule has 0 aliphatic heterocycles. The maximum absolute atomic E-state index is 5.68. The molecule has 0 amide bonds. The maximum Gasteiger partial charge on any atom is 0.180 e. The lowest BCUT2D eigenvalue weighted by Gasteiger charge is -2.15. The van der Waals surface area contributed by atoms with Crippen molar-refractivity contribution in [3.8, 4) is 22.8 Å². The second-order valence-electron chi connectivity index (χ2n) is 3.98. The minimum atomic E-state index is 0.546. The number of methoxy groups -OCH3 is 2. The number of hydrogen-bond acceptors (Lipinski definition) is 5. The van der Waals surface area contributed by atoms with Crippen molar-refractivity contribution in [2.45, 2.75) is 13.8 Å². The Labute approximate surface area is 110 Å². The highest BCUT2D eigenvalue weighted by Crippen LogP contribution is 2.39. The first-order chi connectivity index (χ1) is 8.58. The highest BCUT2D eigenvalue weighted by Gasteiger charge is 2.16. The van der Waals surface area contributed by atoms with Crippen LogP contribution in [0.3, 0.4) is 0 Å². The van der Waals surface area contributed by atoms with Gasteiger partial charge in [-0.2, -0.15) is 0 Å². The fraction of sp³-hybridized carbons (Fsp3) is 0.308. The van der Waals surface area contributed by atoms with Gasteiger partial charge in [-0.1, -0.05) is 0 Å². The second-order valence-corrected chi connectivity index (χ2v) is 4.87. The molecule has 0 spiro atoms. The lowest BCUT2D eigenvalue weighted by Crippen LogP contribution is -1.98. The molecule has 0 saturated carbocycles. The first-order valence-corrected chi connectivity index (χ1v) is 6.40. The zero-order valence-corrected chi connectivity index (χ0v) is 11.7. The van der Waals surface area contributed by atoms with Crippen molar-refractivity contribution in [1.29, 1.82) is 0 Å². The quantitative estimate of drug-likeness (QED) is 0.925. The van der Waals surface area contributed by atoms with Crippen LogP contribution >= 0.6 is 11.3 Å². The number of benzene rings is 1. The number of ether oxygens (including phenoxy) is 2. The van der Waals surface area contributed by atoms with Crippen molar-refractivity contribution in [3.05, 3.63) is 22.6 Å². The average molecular weight is 264 g/mol. The van der Waals surface area contributed by atoms with Crippen LogP contribution in [-0.2, 0) is 0 Å². The molecule has 18 heavy (non-hydrogen) atoms. The molecule has 1 aromatic carbocycles. The molecule has 96 valence electrons. The van der Waals surface area contributed by atoms with Crippen LogP contribution in [0.2, 0.25) is 0 Å². The molecule has 0 saturated heterocycles. The van der Waals surface area contributed by atoms with E-state index < -0.39 is 0 Å². The highest BCUT2D eigenvalue weighted by atomic mass is 32.1. The Hall–Kier alpha value is -1.75. The van der Waals surface area contributed by atoms with Gasteiger partial charge in [-0.05, 0) is 31.0 Å². The lowest BCUT2D eigenvalue weighted by molar-refractivity contribution is 0.399. The fourth-order valence-electron chi connectivity index (χ4n) is 1.94. The van der Waals surface area contributed by atoms with Gasteiger partial charge in [0.2, 0.25) is 0 Å². The summed E-state index contributed by atoms with van der Waals surface area (Å²) in [6, 6.07) is 1.94. The van der Waals surface area contributed by atoms with E-state index in [0.717, 1.165) is 33.9 Å². The monoisotopic (exact) mass is 264 g/mol. The van der Waals surface area contributed by atoms with Gasteiger partial charge in [-0.3, -0.25) is 0 Å². The number of nitrogens with two attached hydrogens (primary N) is 1. The Bertz CT molecular complexity index is 579. The van der Waals surface area contributed by atoms with Crippen LogP contribution in [0.4, 0.5) is 5.13 Å². The fourth-order valence-corrected chi connectivity index (χ4v) is 2.50. The van der Waals surface area contributed by atoms with Crippen LogP contribution in [0.15, 0.2) is 11.4 Å². The van der Waals surface area contributed by atoms with Crippen molar-refractivity contribution < 1.29 is 9.47 Å². The van der Waals surface area contributed by atoms with E-state index in [0.29, 0.717) is 5.13 Å². The maximum atomic E-state index is 5.68. The Balaban J connectivity index is 2.69. The van der Waals surface area contributed by atoms with Crippen LogP contribution in [0.25, 0.3) is 11.3 Å². The third-order valence-corrected chi connectivity index (χ3v) is 3.69. The third kappa shape index (κ3) is 2.01. The Morgan fingerprint density at radius 2 is 1.89 bits per heavy atom. The van der Waals surface area contributed by atoms with E-state index in [4.69, 9.17) is 15.2 Å². The van der Waals surface area contributed by atoms with Gasteiger partial charge in [0, 0.05) is 10.9 Å². The molecule has 4 nitrogen and oxygen atoms in total. The molecule has 0 unspecified atom stereocenters. The highest BCUT2D eigenvalue weighted by molar-refractivity contribution is 7.13. The molecule has 2 aromatic rings. The van der Waals surface area contributed by atoms with Gasteiger partial charge in [0.1, 0.15) is 11.5 Å². The Morgan fingerprint density at radius 3 is 2.39 bits per heavy atom. The van der Waals surface area contributed by atoms with Crippen molar-refractivity contribution in [1.82, 2.24) is 4.98 Å². The van der Waals surface area contributed by atoms with Crippen LogP contribution in [0.1, 0.15) is 11.1 Å². The average Bonchev–Trinajstić information content (AvgIpc) is 2.79. The minimum Gasteiger partial charge on any atom is -0.496 e. The summed E-state index contributed by atoms with van der Waals surface area (Å²) in [4.78, 5) is 4.30.